The molecular weight excluding hydrogens is 444 g/mol. The van der Waals surface area contributed by atoms with Crippen molar-refractivity contribution in [3.63, 3.8) is 0 Å². The van der Waals surface area contributed by atoms with Gasteiger partial charge in [0.05, 0.1) is 17.6 Å². The minimum Gasteiger partial charge on any atom is -0.370 e. The number of hydrogen-bond donors (Lipinski definition) is 0. The van der Waals surface area contributed by atoms with Gasteiger partial charge < -0.3 is 4.74 Å². The van der Waals surface area contributed by atoms with Crippen molar-refractivity contribution in [2.24, 2.45) is 0 Å². The number of fused-ring (bicyclic) bond motifs is 5. The first-order valence-corrected chi connectivity index (χ1v) is 12.4. The van der Waals surface area contributed by atoms with Gasteiger partial charge in [-0.1, -0.05) is 60.7 Å². The first-order valence-electron chi connectivity index (χ1n) is 11.6. The fraction of sp³-hybridized carbons (Fsp3) is 0.296. The summed E-state index contributed by atoms with van der Waals surface area (Å²) in [5.41, 5.74) is 3.85. The summed E-state index contributed by atoms with van der Waals surface area (Å²) in [4.78, 5) is 20.7. The van der Waals surface area contributed by atoms with Gasteiger partial charge in [0.2, 0.25) is 0 Å². The topological polar surface area (TPSA) is 61.4 Å². The third kappa shape index (κ3) is 3.75. The van der Waals surface area contributed by atoms with Crippen LogP contribution in [0.15, 0.2) is 65.5 Å². The van der Waals surface area contributed by atoms with Gasteiger partial charge in [-0.25, -0.2) is 9.78 Å². The minimum atomic E-state index is -0.254. The van der Waals surface area contributed by atoms with Crippen LogP contribution in [0.2, 0.25) is 0 Å². The Bertz CT molecular complexity index is 1550. The molecule has 0 radical (unpaired) electrons. The molecule has 0 unspecified atom stereocenters. The summed E-state index contributed by atoms with van der Waals surface area (Å²) >= 11 is 1.66. The molecule has 0 bridgehead atoms. The average molecular weight is 471 g/mol. The number of benzene rings is 2. The smallest absolute Gasteiger partial charge is 0.351 e. The molecule has 0 atom stereocenters. The first kappa shape index (κ1) is 21.3. The quantitative estimate of drug-likeness (QED) is 0.371. The maximum Gasteiger partial charge on any atom is 0.351 e. The summed E-state index contributed by atoms with van der Waals surface area (Å²) in [5.74, 6) is 0.664. The van der Waals surface area contributed by atoms with Crippen LogP contribution in [-0.4, -0.2) is 24.8 Å². The second-order valence-electron chi connectivity index (χ2n) is 9.50. The van der Waals surface area contributed by atoms with Gasteiger partial charge in [-0.05, 0) is 37.0 Å². The van der Waals surface area contributed by atoms with Gasteiger partial charge >= 0.3 is 5.69 Å². The minimum absolute atomic E-state index is 0.135. The molecular formula is C27H26N4O2S. The predicted octanol–water partition coefficient (Wildman–Crippen LogP) is 4.79. The van der Waals surface area contributed by atoms with Crippen LogP contribution < -0.4 is 5.69 Å². The zero-order chi connectivity index (χ0) is 23.3. The van der Waals surface area contributed by atoms with Crippen molar-refractivity contribution in [2.75, 3.05) is 0 Å². The molecule has 0 aliphatic carbocycles. The number of hydrogen-bond acceptors (Lipinski definition) is 5. The second-order valence-corrected chi connectivity index (χ2v) is 10.6. The molecule has 2 aromatic carbocycles. The van der Waals surface area contributed by atoms with Crippen molar-refractivity contribution in [1.82, 2.24) is 19.2 Å². The Morgan fingerprint density at radius 1 is 1.03 bits per heavy atom. The van der Waals surface area contributed by atoms with Crippen LogP contribution in [0.25, 0.3) is 15.9 Å². The molecule has 6 nitrogen and oxygen atoms in total. The van der Waals surface area contributed by atoms with Gasteiger partial charge in [-0.15, -0.1) is 16.4 Å². The predicted molar refractivity (Wildman–Crippen MR) is 135 cm³/mol. The molecule has 0 fully saturated rings. The normalized spacial score (nSPS) is 15.1. The highest BCUT2D eigenvalue weighted by Crippen LogP contribution is 2.40. The second kappa shape index (κ2) is 8.18. The summed E-state index contributed by atoms with van der Waals surface area (Å²) in [5, 5.41) is 5.74. The zero-order valence-corrected chi connectivity index (χ0v) is 20.1. The fourth-order valence-corrected chi connectivity index (χ4v) is 5.99. The van der Waals surface area contributed by atoms with Crippen molar-refractivity contribution in [2.45, 2.75) is 51.9 Å². The molecule has 0 saturated heterocycles. The van der Waals surface area contributed by atoms with E-state index in [-0.39, 0.29) is 11.3 Å². The Balaban J connectivity index is 1.53. The molecule has 0 saturated carbocycles. The van der Waals surface area contributed by atoms with E-state index in [1.165, 1.54) is 20.5 Å². The zero-order valence-electron chi connectivity index (χ0n) is 19.3. The molecule has 7 heteroatoms. The number of aromatic nitrogens is 4. The first-order chi connectivity index (χ1) is 16.5. The Kier molecular flexibility index (Phi) is 5.12. The molecule has 6 rings (SSSR count). The molecule has 5 aromatic rings. The number of aryl methyl sites for hydroxylation is 2. The number of ether oxygens (including phenoxy) is 1. The van der Waals surface area contributed by atoms with Crippen LogP contribution in [-0.2, 0) is 37.2 Å². The van der Waals surface area contributed by atoms with Crippen molar-refractivity contribution in [3.8, 4) is 0 Å². The van der Waals surface area contributed by atoms with Crippen LogP contribution in [0.4, 0.5) is 0 Å². The van der Waals surface area contributed by atoms with E-state index in [1.807, 2.05) is 41.0 Å². The van der Waals surface area contributed by atoms with E-state index in [1.54, 1.807) is 11.3 Å². The standard InChI is InChI=1S/C27H26N4O2S/c1-27(2)16-20-21(17-33-27)34-25-23(20)24-28-22(15-19-11-7-4-8-12-19)29-31(24)26(32)30(25)14-13-18-9-5-3-6-10-18/h3-12H,13-17H2,1-2H3. The van der Waals surface area contributed by atoms with Gasteiger partial charge in [-0.3, -0.25) is 4.57 Å². The summed E-state index contributed by atoms with van der Waals surface area (Å²) in [7, 11) is 0. The summed E-state index contributed by atoms with van der Waals surface area (Å²) < 4.78 is 9.49. The molecule has 1 aliphatic rings. The molecule has 4 heterocycles. The highest BCUT2D eigenvalue weighted by Gasteiger charge is 2.32. The number of nitrogens with zero attached hydrogens (tertiary/aromatic N) is 4. The van der Waals surface area contributed by atoms with Crippen LogP contribution in [0.1, 0.15) is 41.2 Å². The molecule has 0 spiro atoms. The number of rotatable bonds is 5. The largest absolute Gasteiger partial charge is 0.370 e. The van der Waals surface area contributed by atoms with E-state index in [0.29, 0.717) is 31.0 Å². The lowest BCUT2D eigenvalue weighted by molar-refractivity contribution is -0.0379. The van der Waals surface area contributed by atoms with E-state index in [0.717, 1.165) is 28.6 Å². The maximum absolute atomic E-state index is 13.7. The Morgan fingerprint density at radius 2 is 1.74 bits per heavy atom. The van der Waals surface area contributed by atoms with Gasteiger partial charge in [0.25, 0.3) is 0 Å². The van der Waals surface area contributed by atoms with Crippen molar-refractivity contribution < 1.29 is 4.74 Å². The Labute approximate surface area is 201 Å². The Hall–Kier alpha value is -3.29. The van der Waals surface area contributed by atoms with Crippen LogP contribution in [0.5, 0.6) is 0 Å². The maximum atomic E-state index is 13.7. The lowest BCUT2D eigenvalue weighted by atomic mass is 9.94. The van der Waals surface area contributed by atoms with Gasteiger partial charge in [0.1, 0.15) is 4.83 Å². The molecule has 0 amide bonds. The summed E-state index contributed by atoms with van der Waals surface area (Å²) in [6.07, 6.45) is 2.15. The monoisotopic (exact) mass is 470 g/mol. The van der Waals surface area contributed by atoms with Crippen LogP contribution in [0.3, 0.4) is 0 Å². The van der Waals surface area contributed by atoms with Crippen LogP contribution in [0, 0.1) is 0 Å². The molecule has 1 aliphatic heterocycles. The summed E-state index contributed by atoms with van der Waals surface area (Å²) in [6, 6.07) is 20.4. The van der Waals surface area contributed by atoms with E-state index >= 15 is 0 Å². The van der Waals surface area contributed by atoms with E-state index in [2.05, 4.69) is 43.2 Å². The van der Waals surface area contributed by atoms with Crippen molar-refractivity contribution >= 4 is 27.2 Å². The van der Waals surface area contributed by atoms with Crippen molar-refractivity contribution in [3.05, 3.63) is 98.5 Å². The van der Waals surface area contributed by atoms with Gasteiger partial charge in [0.15, 0.2) is 11.5 Å². The lowest BCUT2D eigenvalue weighted by Gasteiger charge is -2.30. The fourth-order valence-electron chi connectivity index (χ4n) is 4.75. The third-order valence-electron chi connectivity index (χ3n) is 6.47. The summed E-state index contributed by atoms with van der Waals surface area (Å²) in [6.45, 7) is 5.39. The molecule has 3 aromatic heterocycles. The van der Waals surface area contributed by atoms with Crippen molar-refractivity contribution in [1.29, 1.82) is 0 Å². The third-order valence-corrected chi connectivity index (χ3v) is 7.70. The van der Waals surface area contributed by atoms with E-state index in [4.69, 9.17) is 9.72 Å². The van der Waals surface area contributed by atoms with E-state index < -0.39 is 0 Å². The molecule has 34 heavy (non-hydrogen) atoms. The van der Waals surface area contributed by atoms with E-state index in [9.17, 15) is 4.79 Å². The Morgan fingerprint density at radius 3 is 2.47 bits per heavy atom. The lowest BCUT2D eigenvalue weighted by Crippen LogP contribution is -2.31. The highest BCUT2D eigenvalue weighted by atomic mass is 32.1. The van der Waals surface area contributed by atoms with Crippen LogP contribution >= 0.6 is 11.3 Å². The highest BCUT2D eigenvalue weighted by molar-refractivity contribution is 7.19. The van der Waals surface area contributed by atoms with Gasteiger partial charge in [0, 0.05) is 24.3 Å². The number of thiophene rings is 1. The van der Waals surface area contributed by atoms with Gasteiger partial charge in [-0.2, -0.15) is 4.52 Å². The molecule has 172 valence electrons. The average Bonchev–Trinajstić information content (AvgIpc) is 3.41. The molecule has 0 N–H and O–H groups in total. The SMILES string of the molecule is CC1(C)Cc2c(sc3c2c2nc(Cc4ccccc4)nn2c(=O)n3CCc2ccccc2)CO1.